The van der Waals surface area contributed by atoms with E-state index in [0.29, 0.717) is 29.3 Å². The van der Waals surface area contributed by atoms with E-state index in [0.717, 1.165) is 5.75 Å². The number of rotatable bonds is 9. The fraction of sp³-hybridized carbons (Fsp3) is 0.174. The predicted octanol–water partition coefficient (Wildman–Crippen LogP) is 4.61. The average molecular weight is 463 g/mol. The molecule has 0 saturated carbocycles. The molecular weight excluding hydrogens is 440 g/mol. The number of para-hydroxylation sites is 1. The van der Waals surface area contributed by atoms with E-state index >= 15 is 0 Å². The molecule has 168 valence electrons. The average Bonchev–Trinajstić information content (AvgIpc) is 3.26. The number of pyridine rings is 1. The van der Waals surface area contributed by atoms with Gasteiger partial charge < -0.3 is 10.6 Å². The van der Waals surface area contributed by atoms with E-state index in [1.54, 1.807) is 23.9 Å². The highest BCUT2D eigenvalue weighted by Gasteiger charge is 2.23. The molecule has 0 aliphatic heterocycles. The van der Waals surface area contributed by atoms with Crippen molar-refractivity contribution >= 4 is 40.4 Å². The second-order valence-corrected chi connectivity index (χ2v) is 8.26. The Morgan fingerprint density at radius 3 is 2.67 bits per heavy atom. The molecule has 0 fully saturated rings. The van der Waals surface area contributed by atoms with Gasteiger partial charge in [-0.3, -0.25) is 19.3 Å². The van der Waals surface area contributed by atoms with Crippen molar-refractivity contribution in [2.75, 3.05) is 17.3 Å². The number of amides is 1. The summed E-state index contributed by atoms with van der Waals surface area (Å²) >= 11 is 1.66. The number of thioether (sulfide) groups is 1. The largest absolute Gasteiger partial charge is 0.350 e. The van der Waals surface area contributed by atoms with Gasteiger partial charge in [0, 0.05) is 23.5 Å². The molecule has 2 heterocycles. The van der Waals surface area contributed by atoms with Crippen LogP contribution in [0.2, 0.25) is 0 Å². The van der Waals surface area contributed by atoms with E-state index < -0.39 is 16.9 Å². The summed E-state index contributed by atoms with van der Waals surface area (Å²) in [5, 5.41) is 26.2. The van der Waals surface area contributed by atoms with Crippen LogP contribution in [0.4, 0.5) is 17.1 Å². The quantitative estimate of drug-likeness (QED) is 0.276. The number of benzene rings is 2. The Balaban J connectivity index is 1.60. The fourth-order valence-electron chi connectivity index (χ4n) is 3.45. The van der Waals surface area contributed by atoms with Gasteiger partial charge in [0.15, 0.2) is 11.5 Å². The lowest BCUT2D eigenvalue weighted by Gasteiger charge is -2.17. The lowest BCUT2D eigenvalue weighted by molar-refractivity contribution is -0.383. The SMILES string of the molecule is CSCCC(NC(=O)c1ccc(Nc2ccccc2)c([N+](=O)[O-])c1)c1nnc2ccccn12. The van der Waals surface area contributed by atoms with Gasteiger partial charge in [0.1, 0.15) is 5.69 Å². The smallest absolute Gasteiger partial charge is 0.293 e. The Hall–Kier alpha value is -3.92. The minimum absolute atomic E-state index is 0.180. The zero-order valence-corrected chi connectivity index (χ0v) is 18.7. The molecule has 10 heteroatoms. The third-order valence-corrected chi connectivity index (χ3v) is 5.72. The topological polar surface area (TPSA) is 114 Å². The Kier molecular flexibility index (Phi) is 6.84. The van der Waals surface area contributed by atoms with Crippen molar-refractivity contribution < 1.29 is 9.72 Å². The highest BCUT2D eigenvalue weighted by atomic mass is 32.2. The summed E-state index contributed by atoms with van der Waals surface area (Å²) in [6, 6.07) is 18.7. The minimum atomic E-state index is -0.501. The molecule has 0 bridgehead atoms. The van der Waals surface area contributed by atoms with Crippen LogP contribution in [0, 0.1) is 10.1 Å². The number of aromatic nitrogens is 3. The molecule has 4 aromatic rings. The van der Waals surface area contributed by atoms with Crippen LogP contribution < -0.4 is 10.6 Å². The molecular formula is C23H22N6O3S. The normalized spacial score (nSPS) is 11.8. The van der Waals surface area contributed by atoms with Crippen molar-refractivity contribution in [3.63, 3.8) is 0 Å². The first-order valence-corrected chi connectivity index (χ1v) is 11.7. The van der Waals surface area contributed by atoms with Gasteiger partial charge in [0.2, 0.25) is 0 Å². The Labute approximate surface area is 194 Å². The second kappa shape index (κ2) is 10.1. The number of anilines is 2. The summed E-state index contributed by atoms with van der Waals surface area (Å²) in [6.45, 7) is 0. The van der Waals surface area contributed by atoms with E-state index in [2.05, 4.69) is 20.8 Å². The van der Waals surface area contributed by atoms with Crippen molar-refractivity contribution in [1.82, 2.24) is 19.9 Å². The highest BCUT2D eigenvalue weighted by Crippen LogP contribution is 2.29. The van der Waals surface area contributed by atoms with Gasteiger partial charge in [0.05, 0.1) is 11.0 Å². The van der Waals surface area contributed by atoms with Crippen molar-refractivity contribution in [2.45, 2.75) is 12.5 Å². The molecule has 0 saturated heterocycles. The van der Waals surface area contributed by atoms with Gasteiger partial charge in [-0.1, -0.05) is 24.3 Å². The van der Waals surface area contributed by atoms with Gasteiger partial charge >= 0.3 is 0 Å². The number of nitro groups is 1. The maximum absolute atomic E-state index is 13.1. The number of nitrogens with one attached hydrogen (secondary N) is 2. The summed E-state index contributed by atoms with van der Waals surface area (Å²) in [7, 11) is 0. The first-order valence-electron chi connectivity index (χ1n) is 10.3. The highest BCUT2D eigenvalue weighted by molar-refractivity contribution is 7.98. The third-order valence-electron chi connectivity index (χ3n) is 5.08. The van der Waals surface area contributed by atoms with Crippen LogP contribution in [0.3, 0.4) is 0 Å². The van der Waals surface area contributed by atoms with Gasteiger partial charge in [-0.15, -0.1) is 10.2 Å². The van der Waals surface area contributed by atoms with E-state index in [4.69, 9.17) is 0 Å². The number of hydrogen-bond acceptors (Lipinski definition) is 7. The molecule has 33 heavy (non-hydrogen) atoms. The van der Waals surface area contributed by atoms with Crippen LogP contribution in [0.15, 0.2) is 72.9 Å². The zero-order chi connectivity index (χ0) is 23.2. The van der Waals surface area contributed by atoms with Crippen LogP contribution >= 0.6 is 11.8 Å². The molecule has 4 rings (SSSR count). The summed E-state index contributed by atoms with van der Waals surface area (Å²) in [5.74, 6) is 1.00. The molecule has 1 atom stereocenters. The number of nitrogens with zero attached hydrogens (tertiary/aromatic N) is 4. The van der Waals surface area contributed by atoms with Crippen LogP contribution in [-0.4, -0.2) is 37.4 Å². The molecule has 2 aromatic carbocycles. The first-order chi connectivity index (χ1) is 16.1. The van der Waals surface area contributed by atoms with E-state index in [9.17, 15) is 14.9 Å². The maximum Gasteiger partial charge on any atom is 0.293 e. The lowest BCUT2D eigenvalue weighted by atomic mass is 10.1. The summed E-state index contributed by atoms with van der Waals surface area (Å²) < 4.78 is 1.83. The molecule has 1 unspecified atom stereocenters. The number of carbonyl (C=O) groups excluding carboxylic acids is 1. The summed E-state index contributed by atoms with van der Waals surface area (Å²) in [5.41, 5.74) is 1.73. The van der Waals surface area contributed by atoms with Crippen LogP contribution in [0.5, 0.6) is 0 Å². The Morgan fingerprint density at radius 1 is 1.12 bits per heavy atom. The third kappa shape index (κ3) is 5.12. The molecule has 2 N–H and O–H groups in total. The monoisotopic (exact) mass is 462 g/mol. The zero-order valence-electron chi connectivity index (χ0n) is 17.8. The van der Waals surface area contributed by atoms with E-state index in [-0.39, 0.29) is 11.3 Å². The standard InChI is InChI=1S/C23H22N6O3S/c1-33-14-12-19(22-27-26-21-9-5-6-13-28(21)22)25-23(30)16-10-11-18(20(15-16)29(31)32)24-17-7-3-2-4-8-17/h2-11,13,15,19,24H,12,14H2,1H3,(H,25,30). The number of hydrogen-bond donors (Lipinski definition) is 2. The van der Waals surface area contributed by atoms with Crippen LogP contribution in [0.25, 0.3) is 5.65 Å². The van der Waals surface area contributed by atoms with Gasteiger partial charge in [-0.05, 0) is 54.8 Å². The van der Waals surface area contributed by atoms with Crippen molar-refractivity contribution in [3.8, 4) is 0 Å². The number of fused-ring (bicyclic) bond motifs is 1. The van der Waals surface area contributed by atoms with Crippen molar-refractivity contribution in [2.24, 2.45) is 0 Å². The number of carbonyl (C=O) groups is 1. The predicted molar refractivity (Wildman–Crippen MR) is 129 cm³/mol. The minimum Gasteiger partial charge on any atom is -0.350 e. The van der Waals surface area contributed by atoms with Crippen LogP contribution in [-0.2, 0) is 0 Å². The Bertz CT molecular complexity index is 1280. The lowest BCUT2D eigenvalue weighted by Crippen LogP contribution is -2.30. The molecule has 2 aromatic heterocycles. The van der Waals surface area contributed by atoms with Crippen LogP contribution in [0.1, 0.15) is 28.6 Å². The van der Waals surface area contributed by atoms with E-state index in [1.807, 2.05) is 65.4 Å². The molecule has 1 amide bonds. The van der Waals surface area contributed by atoms with E-state index in [1.165, 1.54) is 6.07 Å². The number of nitro benzene ring substituents is 1. The van der Waals surface area contributed by atoms with Gasteiger partial charge in [-0.25, -0.2) is 0 Å². The fourth-order valence-corrected chi connectivity index (χ4v) is 3.92. The van der Waals surface area contributed by atoms with Crippen molar-refractivity contribution in [3.05, 3.63) is 94.4 Å². The molecule has 0 aliphatic rings. The van der Waals surface area contributed by atoms with Crippen molar-refractivity contribution in [1.29, 1.82) is 0 Å². The Morgan fingerprint density at radius 2 is 1.91 bits per heavy atom. The molecule has 9 nitrogen and oxygen atoms in total. The maximum atomic E-state index is 13.1. The molecule has 0 spiro atoms. The summed E-state index contributed by atoms with van der Waals surface area (Å²) in [6.07, 6.45) is 4.47. The van der Waals surface area contributed by atoms with Gasteiger partial charge in [0.25, 0.3) is 11.6 Å². The van der Waals surface area contributed by atoms with Gasteiger partial charge in [-0.2, -0.15) is 11.8 Å². The second-order valence-electron chi connectivity index (χ2n) is 7.27. The molecule has 0 radical (unpaired) electrons. The summed E-state index contributed by atoms with van der Waals surface area (Å²) in [4.78, 5) is 24.3. The molecule has 0 aliphatic carbocycles. The first kappa shape index (κ1) is 22.3.